The molecule has 35 heavy (non-hydrogen) atoms. The molecule has 0 unspecified atom stereocenters. The smallest absolute Gasteiger partial charge is 0.262 e. The summed E-state index contributed by atoms with van der Waals surface area (Å²) in [4.78, 5) is 54.4. The second-order valence-corrected chi connectivity index (χ2v) is 9.59. The lowest BCUT2D eigenvalue weighted by Gasteiger charge is -2.16. The van der Waals surface area contributed by atoms with Crippen LogP contribution in [0.15, 0.2) is 53.5 Å². The first kappa shape index (κ1) is 24.5. The summed E-state index contributed by atoms with van der Waals surface area (Å²) in [5.41, 5.74) is 2.60. The summed E-state index contributed by atoms with van der Waals surface area (Å²) in [5, 5.41) is 8.56. The van der Waals surface area contributed by atoms with Gasteiger partial charge in [0.15, 0.2) is 5.17 Å². The first-order chi connectivity index (χ1) is 16.9. The summed E-state index contributed by atoms with van der Waals surface area (Å²) < 4.78 is 0. The van der Waals surface area contributed by atoms with Crippen LogP contribution >= 0.6 is 11.8 Å². The van der Waals surface area contributed by atoms with E-state index in [1.807, 2.05) is 12.1 Å². The largest absolute Gasteiger partial charge is 0.351 e. The molecule has 4 amide bonds. The normalized spacial score (nSPS) is 17.2. The molecule has 182 valence electrons. The molecule has 1 fully saturated rings. The van der Waals surface area contributed by atoms with E-state index in [0.29, 0.717) is 23.5 Å². The SMILES string of the molecule is CC(=O)Nc1ccc(CNC(=O)c2ccc(NC(=O)C[C@H]3SC(N4CCCC4)=NC3=O)cc2)cc1. The van der Waals surface area contributed by atoms with E-state index >= 15 is 0 Å². The summed E-state index contributed by atoms with van der Waals surface area (Å²) in [7, 11) is 0. The molecule has 0 saturated carbocycles. The maximum absolute atomic E-state index is 12.5. The van der Waals surface area contributed by atoms with Gasteiger partial charge in [0, 0.05) is 49.9 Å². The Morgan fingerprint density at radius 1 is 0.971 bits per heavy atom. The lowest BCUT2D eigenvalue weighted by Crippen LogP contribution is -2.25. The van der Waals surface area contributed by atoms with Crippen molar-refractivity contribution in [3.63, 3.8) is 0 Å². The van der Waals surface area contributed by atoms with E-state index < -0.39 is 5.25 Å². The van der Waals surface area contributed by atoms with Gasteiger partial charge in [-0.2, -0.15) is 4.99 Å². The highest BCUT2D eigenvalue weighted by Gasteiger charge is 2.33. The molecular weight excluding hydrogens is 466 g/mol. The van der Waals surface area contributed by atoms with E-state index in [1.54, 1.807) is 36.4 Å². The standard InChI is InChI=1S/C25H27N5O4S/c1-16(31)27-19-8-4-17(5-9-19)15-26-23(33)18-6-10-20(11-7-18)28-22(32)14-21-24(34)29-25(35-21)30-12-2-3-13-30/h4-11,21H,2-3,12-15H2,1H3,(H,26,33)(H,27,31)(H,28,32)/t21-/m1/s1. The fourth-order valence-electron chi connectivity index (χ4n) is 3.83. The van der Waals surface area contributed by atoms with Crippen molar-refractivity contribution in [2.24, 2.45) is 4.99 Å². The summed E-state index contributed by atoms with van der Waals surface area (Å²) in [5.74, 6) is -0.914. The molecule has 2 aromatic rings. The minimum Gasteiger partial charge on any atom is -0.351 e. The van der Waals surface area contributed by atoms with Gasteiger partial charge < -0.3 is 20.9 Å². The first-order valence-electron chi connectivity index (χ1n) is 11.5. The van der Waals surface area contributed by atoms with Crippen molar-refractivity contribution in [2.45, 2.75) is 38.0 Å². The van der Waals surface area contributed by atoms with E-state index in [2.05, 4.69) is 25.8 Å². The highest BCUT2D eigenvalue weighted by molar-refractivity contribution is 8.15. The van der Waals surface area contributed by atoms with Crippen LogP contribution in [-0.4, -0.2) is 52.0 Å². The van der Waals surface area contributed by atoms with Crippen molar-refractivity contribution >= 4 is 51.9 Å². The first-order valence-corrected chi connectivity index (χ1v) is 12.3. The average Bonchev–Trinajstić information content (AvgIpc) is 3.49. The Kier molecular flexibility index (Phi) is 7.81. The number of benzene rings is 2. The number of hydrogen-bond donors (Lipinski definition) is 3. The lowest BCUT2D eigenvalue weighted by atomic mass is 10.1. The molecule has 2 aromatic carbocycles. The fourth-order valence-corrected chi connectivity index (χ4v) is 4.95. The number of carbonyl (C=O) groups excluding carboxylic acids is 4. The summed E-state index contributed by atoms with van der Waals surface area (Å²) in [6.07, 6.45) is 2.24. The second kappa shape index (κ2) is 11.2. The number of thioether (sulfide) groups is 1. The van der Waals surface area contributed by atoms with Crippen LogP contribution in [0.4, 0.5) is 11.4 Å². The number of anilines is 2. The van der Waals surface area contributed by atoms with Crippen LogP contribution < -0.4 is 16.0 Å². The van der Waals surface area contributed by atoms with Crippen LogP contribution in [0.1, 0.15) is 42.1 Å². The van der Waals surface area contributed by atoms with Crippen LogP contribution in [0.3, 0.4) is 0 Å². The molecular formula is C25H27N5O4S. The predicted molar refractivity (Wildman–Crippen MR) is 136 cm³/mol. The Hall–Kier alpha value is -3.66. The molecule has 0 spiro atoms. The molecule has 9 nitrogen and oxygen atoms in total. The zero-order chi connectivity index (χ0) is 24.8. The van der Waals surface area contributed by atoms with E-state index in [-0.39, 0.29) is 30.0 Å². The number of hydrogen-bond acceptors (Lipinski definition) is 6. The summed E-state index contributed by atoms with van der Waals surface area (Å²) in [6.45, 7) is 3.60. The van der Waals surface area contributed by atoms with Gasteiger partial charge in [0.25, 0.3) is 11.8 Å². The number of likely N-dealkylation sites (tertiary alicyclic amines) is 1. The molecule has 0 bridgehead atoms. The monoisotopic (exact) mass is 493 g/mol. The molecule has 2 heterocycles. The van der Waals surface area contributed by atoms with Crippen LogP contribution in [0.25, 0.3) is 0 Å². The molecule has 1 atom stereocenters. The molecule has 1 saturated heterocycles. The Labute approximate surface area is 207 Å². The zero-order valence-corrected chi connectivity index (χ0v) is 20.2. The van der Waals surface area contributed by atoms with E-state index in [4.69, 9.17) is 0 Å². The van der Waals surface area contributed by atoms with Crippen LogP contribution in [0.2, 0.25) is 0 Å². The Morgan fingerprint density at radius 2 is 1.60 bits per heavy atom. The van der Waals surface area contributed by atoms with E-state index in [1.165, 1.54) is 18.7 Å². The van der Waals surface area contributed by atoms with Gasteiger partial charge in [0.05, 0.1) is 0 Å². The molecule has 2 aliphatic rings. The minimum absolute atomic E-state index is 0.0489. The number of amidine groups is 1. The highest BCUT2D eigenvalue weighted by Crippen LogP contribution is 2.29. The third kappa shape index (κ3) is 6.69. The van der Waals surface area contributed by atoms with Gasteiger partial charge in [-0.15, -0.1) is 0 Å². The Balaban J connectivity index is 1.23. The average molecular weight is 494 g/mol. The maximum atomic E-state index is 12.5. The Morgan fingerprint density at radius 3 is 2.26 bits per heavy atom. The molecule has 3 N–H and O–H groups in total. The van der Waals surface area contributed by atoms with Gasteiger partial charge in [-0.3, -0.25) is 19.2 Å². The number of amides is 4. The van der Waals surface area contributed by atoms with Crippen molar-refractivity contribution in [3.8, 4) is 0 Å². The Bertz CT molecular complexity index is 1140. The third-order valence-corrected chi connectivity index (χ3v) is 6.85. The van der Waals surface area contributed by atoms with Gasteiger partial charge >= 0.3 is 0 Å². The van der Waals surface area contributed by atoms with Gasteiger partial charge in [0.2, 0.25) is 11.8 Å². The van der Waals surface area contributed by atoms with Crippen molar-refractivity contribution in [2.75, 3.05) is 23.7 Å². The summed E-state index contributed by atoms with van der Waals surface area (Å²) >= 11 is 1.36. The number of carbonyl (C=O) groups is 4. The summed E-state index contributed by atoms with van der Waals surface area (Å²) in [6, 6.07) is 13.8. The second-order valence-electron chi connectivity index (χ2n) is 8.42. The van der Waals surface area contributed by atoms with Crippen molar-refractivity contribution in [1.29, 1.82) is 0 Å². The predicted octanol–water partition coefficient (Wildman–Crippen LogP) is 3.00. The number of rotatable bonds is 7. The van der Waals surface area contributed by atoms with Gasteiger partial charge in [-0.05, 0) is 54.8 Å². The van der Waals surface area contributed by atoms with Crippen molar-refractivity contribution < 1.29 is 19.2 Å². The van der Waals surface area contributed by atoms with Crippen LogP contribution in [0, 0.1) is 0 Å². The topological polar surface area (TPSA) is 120 Å². The lowest BCUT2D eigenvalue weighted by molar-refractivity contribution is -0.121. The van der Waals surface area contributed by atoms with Crippen molar-refractivity contribution in [1.82, 2.24) is 10.2 Å². The minimum atomic E-state index is -0.497. The van der Waals surface area contributed by atoms with Gasteiger partial charge in [-0.1, -0.05) is 23.9 Å². The zero-order valence-electron chi connectivity index (χ0n) is 19.4. The molecule has 4 rings (SSSR count). The van der Waals surface area contributed by atoms with E-state index in [0.717, 1.165) is 36.7 Å². The maximum Gasteiger partial charge on any atom is 0.262 e. The van der Waals surface area contributed by atoms with Gasteiger partial charge in [0.1, 0.15) is 5.25 Å². The molecule has 0 radical (unpaired) electrons. The van der Waals surface area contributed by atoms with Crippen LogP contribution in [0.5, 0.6) is 0 Å². The molecule has 2 aliphatic heterocycles. The van der Waals surface area contributed by atoms with Gasteiger partial charge in [-0.25, -0.2) is 0 Å². The quantitative estimate of drug-likeness (QED) is 0.546. The molecule has 0 aliphatic carbocycles. The number of nitrogens with one attached hydrogen (secondary N) is 3. The van der Waals surface area contributed by atoms with Crippen molar-refractivity contribution in [3.05, 3.63) is 59.7 Å². The highest BCUT2D eigenvalue weighted by atomic mass is 32.2. The molecule has 10 heteroatoms. The number of nitrogens with zero attached hydrogens (tertiary/aromatic N) is 2. The third-order valence-electron chi connectivity index (χ3n) is 5.63. The number of aliphatic imine (C=N–C) groups is 1. The molecule has 0 aromatic heterocycles. The fraction of sp³-hybridized carbons (Fsp3) is 0.320. The van der Waals surface area contributed by atoms with Crippen LogP contribution in [-0.2, 0) is 20.9 Å². The van der Waals surface area contributed by atoms with E-state index in [9.17, 15) is 19.2 Å².